The number of nitrogens with zero attached hydrogens (tertiary/aromatic N) is 4. The molecule has 0 radical (unpaired) electrons. The predicted molar refractivity (Wildman–Crippen MR) is 181 cm³/mol. The van der Waals surface area contributed by atoms with Crippen LogP contribution in [0.1, 0.15) is 71.6 Å². The monoisotopic (exact) mass is 693 g/mol. The molecule has 3 aromatic carbocycles. The lowest BCUT2D eigenvalue weighted by Gasteiger charge is -2.28. The van der Waals surface area contributed by atoms with E-state index in [0.717, 1.165) is 66.9 Å². The summed E-state index contributed by atoms with van der Waals surface area (Å²) in [5, 5.41) is -0.367. The molecule has 48 heavy (non-hydrogen) atoms. The van der Waals surface area contributed by atoms with Gasteiger partial charge >= 0.3 is 6.18 Å². The number of amides is 1. The molecule has 6 nitrogen and oxygen atoms in total. The largest absolute Gasteiger partial charge is 0.416 e. The average Bonchev–Trinajstić information content (AvgIpc) is 3.62. The van der Waals surface area contributed by atoms with Crippen LogP contribution in [0.15, 0.2) is 76.6 Å². The van der Waals surface area contributed by atoms with Crippen LogP contribution in [0.25, 0.3) is 11.1 Å². The Morgan fingerprint density at radius 3 is 2.40 bits per heavy atom. The van der Waals surface area contributed by atoms with Crippen molar-refractivity contribution < 1.29 is 40.2 Å². The third kappa shape index (κ3) is 8.54. The van der Waals surface area contributed by atoms with Crippen LogP contribution >= 0.6 is 11.8 Å². The second kappa shape index (κ2) is 15.5. The molecular formula is C37H40F4N4O2S. The Morgan fingerprint density at radius 2 is 1.73 bits per heavy atom. The minimum absolute atomic E-state index is 0.0400. The van der Waals surface area contributed by atoms with Crippen molar-refractivity contribution in [3.8, 4) is 11.1 Å². The van der Waals surface area contributed by atoms with Crippen molar-refractivity contribution >= 4 is 17.7 Å². The second-order valence-electron chi connectivity index (χ2n) is 10.7. The third-order valence-electron chi connectivity index (χ3n) is 7.56. The number of halogens is 4. The summed E-state index contributed by atoms with van der Waals surface area (Å²) in [5.74, 6) is -1.98. The van der Waals surface area contributed by atoms with E-state index in [1.807, 2.05) is 0 Å². The van der Waals surface area contributed by atoms with E-state index in [-0.39, 0.29) is 66.9 Å². The summed E-state index contributed by atoms with van der Waals surface area (Å²) in [4.78, 5) is 32.3. The fourth-order valence-electron chi connectivity index (χ4n) is 5.01. The SMILES string of the molecule is [2H]c1c([2H])c(-c2ccc(C(F)(F)F)cc2)c([2H])c(C)c1CN(C(=O)Cn1c(SC([2H])([2H])c2ccc(F)cc2)nc(=O)c2c1CCC2)C([2H])([2H])C([2H])([2H])N(C([2H])([2H])C)C([2H])([2H])C. The zero-order valence-electron chi connectivity index (χ0n) is 39.2. The van der Waals surface area contributed by atoms with Gasteiger partial charge in [0, 0.05) is 47.5 Å². The Hall–Kier alpha value is -3.96. The lowest BCUT2D eigenvalue weighted by atomic mass is 9.98. The van der Waals surface area contributed by atoms with Gasteiger partial charge in [-0.3, -0.25) is 9.59 Å². The Kier molecular flexibility index (Phi) is 7.07. The first-order valence-electron chi connectivity index (χ1n) is 21.3. The summed E-state index contributed by atoms with van der Waals surface area (Å²) in [7, 11) is 0. The first-order valence-corrected chi connectivity index (χ1v) is 15.6. The number of carbonyl (C=O) groups excluding carboxylic acids is 1. The topological polar surface area (TPSA) is 58.4 Å². The zero-order chi connectivity index (χ0) is 46.0. The molecule has 0 unspecified atom stereocenters. The van der Waals surface area contributed by atoms with Crippen LogP contribution in [0.3, 0.4) is 0 Å². The van der Waals surface area contributed by atoms with Crippen LogP contribution in [-0.2, 0) is 42.6 Å². The standard InChI is InChI=1S/C37H40F4N4O2S/c1-4-43(5-2)19-20-44(22-29-12-11-28(21-25(29)3)27-13-15-30(16-14-27)37(39,40)41)34(46)23-45-33-8-6-7-32(33)35(47)42-36(45)48-24-26-9-17-31(38)18-10-26/h9-18,21H,4-8,19-20,22-24H2,1-3H3/i4D2,5D2,11D,12D,19D2,20D2,21D,24D2. The molecule has 0 atom stereocenters. The molecular weight excluding hydrogens is 640 g/mol. The summed E-state index contributed by atoms with van der Waals surface area (Å²) < 4.78 is 169. The van der Waals surface area contributed by atoms with Gasteiger partial charge in [0.2, 0.25) is 5.91 Å². The molecule has 254 valence electrons. The molecule has 0 saturated heterocycles. The summed E-state index contributed by atoms with van der Waals surface area (Å²) in [6, 6.07) is 5.89. The quantitative estimate of drug-likeness (QED) is 0.0824. The molecule has 0 aliphatic heterocycles. The summed E-state index contributed by atoms with van der Waals surface area (Å²) in [5.41, 5.74) is -4.64. The van der Waals surface area contributed by atoms with E-state index in [9.17, 15) is 29.9 Å². The van der Waals surface area contributed by atoms with Crippen molar-refractivity contribution in [1.82, 2.24) is 19.4 Å². The fraction of sp³-hybridized carbons (Fsp3) is 0.378. The van der Waals surface area contributed by atoms with Gasteiger partial charge in [-0.1, -0.05) is 68.0 Å². The number of rotatable bonds is 13. The van der Waals surface area contributed by atoms with E-state index in [2.05, 4.69) is 4.98 Å². The van der Waals surface area contributed by atoms with Crippen molar-refractivity contribution in [3.63, 3.8) is 0 Å². The number of hydrogen-bond acceptors (Lipinski definition) is 5. The van der Waals surface area contributed by atoms with Gasteiger partial charge < -0.3 is 14.4 Å². The van der Waals surface area contributed by atoms with Gasteiger partial charge in [-0.25, -0.2) is 4.39 Å². The minimum atomic E-state index is -4.70. The molecule has 1 heterocycles. The summed E-state index contributed by atoms with van der Waals surface area (Å²) >= 11 is 0.379. The van der Waals surface area contributed by atoms with Crippen molar-refractivity contribution in [2.75, 3.05) is 26.0 Å². The molecule has 1 aromatic heterocycles. The number of likely N-dealkylation sites (N-methyl/N-ethyl adjacent to an activating group) is 1. The number of fused-ring (bicyclic) bond motifs is 1. The smallest absolute Gasteiger partial charge is 0.336 e. The number of thioether (sulfide) groups is 1. The highest BCUT2D eigenvalue weighted by Gasteiger charge is 2.30. The lowest BCUT2D eigenvalue weighted by Crippen LogP contribution is -2.40. The lowest BCUT2D eigenvalue weighted by molar-refractivity contribution is -0.137. The van der Waals surface area contributed by atoms with Gasteiger partial charge in [0.15, 0.2) is 5.16 Å². The predicted octanol–water partition coefficient (Wildman–Crippen LogP) is 7.53. The molecule has 1 aliphatic carbocycles. The summed E-state index contributed by atoms with van der Waals surface area (Å²) in [6.07, 6.45) is -3.90. The average molecular weight is 694 g/mol. The first kappa shape index (κ1) is 21.9. The molecule has 0 N–H and O–H groups in total. The maximum atomic E-state index is 14.8. The molecule has 1 aliphatic rings. The van der Waals surface area contributed by atoms with Crippen molar-refractivity contribution in [1.29, 1.82) is 0 Å². The first-order chi connectivity index (χ1) is 27.8. The highest BCUT2D eigenvalue weighted by atomic mass is 32.2. The van der Waals surface area contributed by atoms with Crippen molar-refractivity contribution in [3.05, 3.63) is 116 Å². The molecule has 0 spiro atoms. The number of benzene rings is 3. The molecule has 0 fully saturated rings. The highest BCUT2D eigenvalue weighted by Crippen LogP contribution is 2.32. The second-order valence-corrected chi connectivity index (χ2v) is 11.5. The van der Waals surface area contributed by atoms with Gasteiger partial charge in [-0.2, -0.15) is 18.2 Å². The number of aromatic nitrogens is 2. The van der Waals surface area contributed by atoms with E-state index in [0.29, 0.717) is 18.2 Å². The van der Waals surface area contributed by atoms with Crippen LogP contribution < -0.4 is 5.56 Å². The minimum Gasteiger partial charge on any atom is -0.336 e. The number of carbonyl (C=O) groups is 1. The van der Waals surface area contributed by atoms with Crippen LogP contribution in [0.5, 0.6) is 0 Å². The van der Waals surface area contributed by atoms with Crippen LogP contribution in [-0.4, -0.2) is 51.2 Å². The molecule has 0 bridgehead atoms. The Balaban J connectivity index is 1.70. The van der Waals surface area contributed by atoms with Gasteiger partial charge in [-0.15, -0.1) is 0 Å². The van der Waals surface area contributed by atoms with E-state index in [1.54, 1.807) is 0 Å². The van der Waals surface area contributed by atoms with Gasteiger partial charge in [0.1, 0.15) is 12.4 Å². The van der Waals surface area contributed by atoms with Crippen molar-refractivity contribution in [2.24, 2.45) is 0 Å². The molecule has 0 saturated carbocycles. The third-order valence-corrected chi connectivity index (χ3v) is 8.40. The maximum Gasteiger partial charge on any atom is 0.416 e. The number of hydrogen-bond donors (Lipinski definition) is 0. The highest BCUT2D eigenvalue weighted by molar-refractivity contribution is 7.98. The van der Waals surface area contributed by atoms with Gasteiger partial charge in [0.05, 0.1) is 12.4 Å². The van der Waals surface area contributed by atoms with Gasteiger partial charge in [-0.05, 0) is 91.3 Å². The van der Waals surface area contributed by atoms with Crippen molar-refractivity contribution in [2.45, 2.75) is 70.2 Å². The zero-order valence-corrected chi connectivity index (χ0v) is 27.0. The van der Waals surface area contributed by atoms with E-state index >= 15 is 0 Å². The van der Waals surface area contributed by atoms with Gasteiger partial charge in [0.25, 0.3) is 5.56 Å². The molecule has 4 aromatic rings. The van der Waals surface area contributed by atoms with Crippen LogP contribution in [0.4, 0.5) is 17.6 Å². The molecule has 5 rings (SSSR count). The molecule has 1 amide bonds. The number of alkyl halides is 3. The molecule has 11 heteroatoms. The van der Waals surface area contributed by atoms with Crippen LogP contribution in [0.2, 0.25) is 0 Å². The fourth-order valence-corrected chi connectivity index (χ4v) is 5.77. The summed E-state index contributed by atoms with van der Waals surface area (Å²) in [6.45, 7) is -12.6. The maximum absolute atomic E-state index is 14.8. The normalized spacial score (nSPS) is 18.3. The van der Waals surface area contributed by atoms with Crippen LogP contribution in [0, 0.1) is 12.7 Å². The van der Waals surface area contributed by atoms with E-state index in [4.69, 9.17) is 15.1 Å². The Bertz CT molecular complexity index is 2340. The Morgan fingerprint density at radius 1 is 1.02 bits per heavy atom. The van der Waals surface area contributed by atoms with E-state index in [1.165, 1.54) is 6.92 Å². The van der Waals surface area contributed by atoms with E-state index < -0.39 is 91.9 Å². The Labute approximate surface area is 301 Å².